The van der Waals surface area contributed by atoms with Gasteiger partial charge in [-0.05, 0) is 49.3 Å². The molecule has 1 N–H and O–H groups in total. The van der Waals surface area contributed by atoms with Crippen molar-refractivity contribution < 1.29 is 23.1 Å². The lowest BCUT2D eigenvalue weighted by Crippen LogP contribution is -2.44. The van der Waals surface area contributed by atoms with Gasteiger partial charge < -0.3 is 9.84 Å². The Bertz CT molecular complexity index is 1350. The third kappa shape index (κ3) is 6.93. The highest BCUT2D eigenvalue weighted by atomic mass is 32.2. The molecule has 0 saturated heterocycles. The van der Waals surface area contributed by atoms with E-state index in [1.54, 1.807) is 6.92 Å². The van der Waals surface area contributed by atoms with Crippen molar-refractivity contribution in [3.63, 3.8) is 0 Å². The van der Waals surface area contributed by atoms with E-state index < -0.39 is 26.7 Å². The van der Waals surface area contributed by atoms with Crippen molar-refractivity contribution >= 4 is 15.8 Å². The summed E-state index contributed by atoms with van der Waals surface area (Å²) in [6, 6.07) is 29.6. The maximum Gasteiger partial charge on any atom is 0.338 e. The predicted octanol–water partition coefficient (Wildman–Crippen LogP) is 6.36. The summed E-state index contributed by atoms with van der Waals surface area (Å²) in [5.74, 6) is -0.912. The van der Waals surface area contributed by atoms with Crippen LogP contribution < -0.4 is 0 Å². The summed E-state index contributed by atoms with van der Waals surface area (Å²) in [5, 5.41) is 10.7. The SMILES string of the molecule is CC(CC1(CCc2ccccc2)CC(O)=C(C(CCc2ccccc2)c2ccccc2)C(=O)O1)S(C)(=O)=O. The second-order valence-electron chi connectivity index (χ2n) is 10.4. The maximum absolute atomic E-state index is 13.7. The van der Waals surface area contributed by atoms with Crippen LogP contribution in [0.5, 0.6) is 0 Å². The van der Waals surface area contributed by atoms with Gasteiger partial charge in [-0.1, -0.05) is 91.0 Å². The van der Waals surface area contributed by atoms with Crippen molar-refractivity contribution in [2.75, 3.05) is 6.26 Å². The molecule has 200 valence electrons. The van der Waals surface area contributed by atoms with Gasteiger partial charge in [0.2, 0.25) is 0 Å². The quantitative estimate of drug-likeness (QED) is 0.291. The first-order chi connectivity index (χ1) is 18.2. The number of carbonyl (C=O) groups is 1. The summed E-state index contributed by atoms with van der Waals surface area (Å²) in [5.41, 5.74) is 2.31. The summed E-state index contributed by atoms with van der Waals surface area (Å²) in [4.78, 5) is 13.7. The van der Waals surface area contributed by atoms with Crippen molar-refractivity contribution in [1.82, 2.24) is 0 Å². The van der Waals surface area contributed by atoms with Crippen LogP contribution in [-0.2, 0) is 32.2 Å². The van der Waals surface area contributed by atoms with Gasteiger partial charge in [0.05, 0.1) is 10.8 Å². The maximum atomic E-state index is 13.7. The van der Waals surface area contributed by atoms with Gasteiger partial charge in [-0.3, -0.25) is 0 Å². The Kier molecular flexibility index (Phi) is 8.72. The molecule has 6 heteroatoms. The lowest BCUT2D eigenvalue weighted by atomic mass is 9.79. The number of sulfone groups is 1. The Hall–Kier alpha value is -3.38. The fourth-order valence-electron chi connectivity index (χ4n) is 5.32. The summed E-state index contributed by atoms with van der Waals surface area (Å²) in [6.45, 7) is 1.64. The molecule has 0 aliphatic carbocycles. The summed E-state index contributed by atoms with van der Waals surface area (Å²) in [7, 11) is -3.36. The van der Waals surface area contributed by atoms with Gasteiger partial charge in [-0.25, -0.2) is 13.2 Å². The Labute approximate surface area is 226 Å². The number of hydrogen-bond donors (Lipinski definition) is 1. The van der Waals surface area contributed by atoms with E-state index >= 15 is 0 Å². The van der Waals surface area contributed by atoms with E-state index in [4.69, 9.17) is 4.74 Å². The number of carbonyl (C=O) groups excluding carboxylic acids is 1. The molecule has 0 spiro atoms. The Morgan fingerprint density at radius 2 is 1.39 bits per heavy atom. The molecule has 0 fully saturated rings. The Morgan fingerprint density at radius 1 is 0.868 bits per heavy atom. The Morgan fingerprint density at radius 3 is 1.92 bits per heavy atom. The summed E-state index contributed by atoms with van der Waals surface area (Å²) in [6.07, 6.45) is 3.79. The third-order valence-corrected chi connectivity index (χ3v) is 9.18. The number of esters is 1. The number of aryl methyl sites for hydroxylation is 2. The molecule has 1 aliphatic heterocycles. The molecule has 0 saturated carbocycles. The van der Waals surface area contributed by atoms with Gasteiger partial charge in [0.1, 0.15) is 21.2 Å². The lowest BCUT2D eigenvalue weighted by molar-refractivity contribution is -0.161. The van der Waals surface area contributed by atoms with Gasteiger partial charge in [-0.15, -0.1) is 0 Å². The summed E-state index contributed by atoms with van der Waals surface area (Å²) < 4.78 is 30.9. The minimum atomic E-state index is -3.36. The molecule has 0 bridgehead atoms. The van der Waals surface area contributed by atoms with Gasteiger partial charge in [0, 0.05) is 25.0 Å². The minimum Gasteiger partial charge on any atom is -0.512 e. The normalized spacial score (nSPS) is 19.6. The molecule has 1 aliphatic rings. The highest BCUT2D eigenvalue weighted by Crippen LogP contribution is 2.42. The fourth-order valence-corrected chi connectivity index (χ4v) is 5.92. The Balaban J connectivity index is 1.67. The topological polar surface area (TPSA) is 80.7 Å². The molecule has 38 heavy (non-hydrogen) atoms. The largest absolute Gasteiger partial charge is 0.512 e. The van der Waals surface area contributed by atoms with E-state index in [2.05, 4.69) is 12.1 Å². The third-order valence-electron chi connectivity index (χ3n) is 7.55. The standard InChI is InChI=1S/C32H36O5S/c1-24(38(2,35)36)22-32(21-20-26-14-8-4-9-15-26)23-29(33)30(31(34)37-32)28(27-16-10-5-11-17-27)19-18-25-12-6-3-7-13-25/h3-17,24,28,33H,18-23H2,1-2H3. The van der Waals surface area contributed by atoms with Gasteiger partial charge in [0.15, 0.2) is 0 Å². The number of aliphatic hydroxyl groups is 1. The number of benzene rings is 3. The van der Waals surface area contributed by atoms with Crippen LogP contribution in [-0.4, -0.2) is 36.6 Å². The zero-order valence-electron chi connectivity index (χ0n) is 22.0. The fraction of sp³-hybridized carbons (Fsp3) is 0.344. The highest BCUT2D eigenvalue weighted by Gasteiger charge is 2.45. The predicted molar refractivity (Wildman–Crippen MR) is 151 cm³/mol. The molecule has 3 unspecified atom stereocenters. The first-order valence-corrected chi connectivity index (χ1v) is 15.1. The van der Waals surface area contributed by atoms with Crippen LogP contribution in [0.25, 0.3) is 0 Å². The smallest absolute Gasteiger partial charge is 0.338 e. The molecule has 3 aromatic rings. The first kappa shape index (κ1) is 27.6. The average Bonchev–Trinajstić information content (AvgIpc) is 2.90. The van der Waals surface area contributed by atoms with Gasteiger partial charge in [-0.2, -0.15) is 0 Å². The van der Waals surface area contributed by atoms with E-state index in [9.17, 15) is 18.3 Å². The van der Waals surface area contributed by atoms with Crippen molar-refractivity contribution in [1.29, 1.82) is 0 Å². The van der Waals surface area contributed by atoms with Gasteiger partial charge >= 0.3 is 5.97 Å². The number of ether oxygens (including phenoxy) is 1. The molecule has 0 aromatic heterocycles. The monoisotopic (exact) mass is 532 g/mol. The molecule has 5 nitrogen and oxygen atoms in total. The van der Waals surface area contributed by atoms with Crippen LogP contribution in [0.15, 0.2) is 102 Å². The van der Waals surface area contributed by atoms with Crippen LogP contribution in [0.4, 0.5) is 0 Å². The van der Waals surface area contributed by atoms with Crippen molar-refractivity contribution in [3.8, 4) is 0 Å². The van der Waals surface area contributed by atoms with Crippen molar-refractivity contribution in [2.45, 2.75) is 62.2 Å². The van der Waals surface area contributed by atoms with E-state index in [-0.39, 0.29) is 30.1 Å². The molecule has 3 atom stereocenters. The number of aliphatic hydroxyl groups excluding tert-OH is 1. The summed E-state index contributed by atoms with van der Waals surface area (Å²) >= 11 is 0. The molecular weight excluding hydrogens is 496 g/mol. The van der Waals surface area contributed by atoms with Crippen LogP contribution >= 0.6 is 0 Å². The molecule has 1 heterocycles. The lowest BCUT2D eigenvalue weighted by Gasteiger charge is -2.40. The molecule has 0 radical (unpaired) electrons. The molecule has 0 amide bonds. The van der Waals surface area contributed by atoms with E-state index in [0.29, 0.717) is 19.3 Å². The second kappa shape index (κ2) is 12.0. The van der Waals surface area contributed by atoms with Crippen LogP contribution in [0.1, 0.15) is 55.2 Å². The number of rotatable bonds is 11. The molecule has 3 aromatic carbocycles. The average molecular weight is 533 g/mol. The van der Waals surface area contributed by atoms with E-state index in [1.165, 1.54) is 6.26 Å². The van der Waals surface area contributed by atoms with E-state index in [0.717, 1.165) is 23.1 Å². The van der Waals surface area contributed by atoms with Crippen molar-refractivity contribution in [2.24, 2.45) is 0 Å². The van der Waals surface area contributed by atoms with Gasteiger partial charge in [0.25, 0.3) is 0 Å². The van der Waals surface area contributed by atoms with Crippen LogP contribution in [0.3, 0.4) is 0 Å². The number of hydrogen-bond acceptors (Lipinski definition) is 5. The molecular formula is C32H36O5S. The zero-order chi connectivity index (χ0) is 27.2. The first-order valence-electron chi connectivity index (χ1n) is 13.1. The van der Waals surface area contributed by atoms with Crippen LogP contribution in [0, 0.1) is 0 Å². The zero-order valence-corrected chi connectivity index (χ0v) is 22.9. The number of cyclic esters (lactones) is 1. The molecule has 4 rings (SSSR count). The van der Waals surface area contributed by atoms with Crippen LogP contribution in [0.2, 0.25) is 0 Å². The van der Waals surface area contributed by atoms with E-state index in [1.807, 2.05) is 78.9 Å². The highest BCUT2D eigenvalue weighted by molar-refractivity contribution is 7.91. The minimum absolute atomic E-state index is 0.00284. The second-order valence-corrected chi connectivity index (χ2v) is 12.9. The van der Waals surface area contributed by atoms with Crippen molar-refractivity contribution in [3.05, 3.63) is 119 Å².